The van der Waals surface area contributed by atoms with Gasteiger partial charge in [0.1, 0.15) is 0 Å². The predicted octanol–water partition coefficient (Wildman–Crippen LogP) is 3.31. The smallest absolute Gasteiger partial charge is 0.316 e. The first kappa shape index (κ1) is 21.3. The first-order chi connectivity index (χ1) is 10.9. The van der Waals surface area contributed by atoms with Crippen molar-refractivity contribution in [2.45, 2.75) is 78.6 Å². The van der Waals surface area contributed by atoms with E-state index in [0.29, 0.717) is 12.8 Å². The van der Waals surface area contributed by atoms with Crippen LogP contribution in [0.1, 0.15) is 78.6 Å². The third-order valence-electron chi connectivity index (χ3n) is 3.29. The van der Waals surface area contributed by atoms with Gasteiger partial charge in [0.05, 0.1) is 12.3 Å². The molecule has 0 aromatic heterocycles. The third kappa shape index (κ3) is 11.5. The number of carbonyl (C=O) groups is 4. The number of ether oxygens (including phenoxy) is 2. The van der Waals surface area contributed by atoms with Crippen molar-refractivity contribution in [1.82, 2.24) is 0 Å². The van der Waals surface area contributed by atoms with E-state index >= 15 is 0 Å². The minimum absolute atomic E-state index is 0.187. The quantitative estimate of drug-likeness (QED) is 0.328. The molecule has 0 saturated carbocycles. The van der Waals surface area contributed by atoms with E-state index in [0.717, 1.165) is 25.7 Å². The Kier molecular flexibility index (Phi) is 11.8. The van der Waals surface area contributed by atoms with Crippen molar-refractivity contribution < 1.29 is 28.7 Å². The Morgan fingerprint density at radius 3 is 1.70 bits per heavy atom. The van der Waals surface area contributed by atoms with Gasteiger partial charge in [-0.15, -0.1) is 0 Å². The highest BCUT2D eigenvalue weighted by molar-refractivity contribution is 5.91. The zero-order valence-electron chi connectivity index (χ0n) is 14.4. The number of hydrogen-bond acceptors (Lipinski definition) is 6. The molecule has 0 heterocycles. The van der Waals surface area contributed by atoms with E-state index in [1.54, 1.807) is 0 Å². The van der Waals surface area contributed by atoms with E-state index in [1.165, 1.54) is 6.92 Å². The van der Waals surface area contributed by atoms with Crippen LogP contribution in [-0.2, 0) is 28.7 Å². The highest BCUT2D eigenvalue weighted by Gasteiger charge is 2.23. The van der Waals surface area contributed by atoms with Crippen LogP contribution in [0, 0.1) is 5.92 Å². The minimum Gasteiger partial charge on any atom is -0.393 e. The molecule has 0 aromatic rings. The van der Waals surface area contributed by atoms with Crippen LogP contribution in [0.3, 0.4) is 0 Å². The molecule has 0 rings (SSSR count). The van der Waals surface area contributed by atoms with Gasteiger partial charge >= 0.3 is 23.9 Å². The maximum Gasteiger partial charge on any atom is 0.316 e. The fraction of sp³-hybridized carbons (Fsp3) is 0.765. The Morgan fingerprint density at radius 1 is 0.739 bits per heavy atom. The Morgan fingerprint density at radius 2 is 1.22 bits per heavy atom. The molecule has 0 bridgehead atoms. The van der Waals surface area contributed by atoms with Crippen molar-refractivity contribution in [3.8, 4) is 0 Å². The molecular formula is C17H28O6. The molecule has 23 heavy (non-hydrogen) atoms. The van der Waals surface area contributed by atoms with Crippen LogP contribution in [0.25, 0.3) is 0 Å². The lowest BCUT2D eigenvalue weighted by Crippen LogP contribution is -2.23. The Labute approximate surface area is 137 Å². The van der Waals surface area contributed by atoms with Crippen molar-refractivity contribution in [3.63, 3.8) is 0 Å². The van der Waals surface area contributed by atoms with Crippen molar-refractivity contribution >= 4 is 23.9 Å². The second-order valence-electron chi connectivity index (χ2n) is 5.66. The summed E-state index contributed by atoms with van der Waals surface area (Å²) >= 11 is 0. The molecule has 6 nitrogen and oxygen atoms in total. The molecule has 0 spiro atoms. The number of esters is 4. The van der Waals surface area contributed by atoms with Gasteiger partial charge in [0.15, 0.2) is 0 Å². The van der Waals surface area contributed by atoms with E-state index < -0.39 is 29.8 Å². The van der Waals surface area contributed by atoms with Gasteiger partial charge in [-0.05, 0) is 12.8 Å². The lowest BCUT2D eigenvalue weighted by atomic mass is 10.1. The summed E-state index contributed by atoms with van der Waals surface area (Å²) in [7, 11) is 0. The van der Waals surface area contributed by atoms with Gasteiger partial charge in [-0.1, -0.05) is 46.5 Å². The standard InChI is InChI=1S/C17H28O6/c1-4-6-8-10-14(18)22-16(20)12-13(3)17(21)23-15(19)11-9-7-5-2/h13H,4-12H2,1-3H3. The summed E-state index contributed by atoms with van der Waals surface area (Å²) in [6.07, 6.45) is 5.17. The van der Waals surface area contributed by atoms with E-state index in [-0.39, 0.29) is 19.3 Å². The maximum atomic E-state index is 11.7. The first-order valence-corrected chi connectivity index (χ1v) is 8.38. The average molecular weight is 328 g/mol. The average Bonchev–Trinajstić information content (AvgIpc) is 2.47. The fourth-order valence-electron chi connectivity index (χ4n) is 1.86. The number of unbranched alkanes of at least 4 members (excludes halogenated alkanes) is 4. The Hall–Kier alpha value is -1.72. The van der Waals surface area contributed by atoms with Gasteiger partial charge in [-0.2, -0.15) is 0 Å². The summed E-state index contributed by atoms with van der Waals surface area (Å²) < 4.78 is 9.31. The van der Waals surface area contributed by atoms with Gasteiger partial charge in [-0.25, -0.2) is 0 Å². The summed E-state index contributed by atoms with van der Waals surface area (Å²) in [6.45, 7) is 5.48. The van der Waals surface area contributed by atoms with Crippen LogP contribution >= 0.6 is 0 Å². The van der Waals surface area contributed by atoms with Crippen LogP contribution in [0.4, 0.5) is 0 Å². The van der Waals surface area contributed by atoms with Gasteiger partial charge in [0.2, 0.25) is 0 Å². The first-order valence-electron chi connectivity index (χ1n) is 8.38. The molecule has 0 fully saturated rings. The van der Waals surface area contributed by atoms with Gasteiger partial charge < -0.3 is 9.47 Å². The predicted molar refractivity (Wildman–Crippen MR) is 84.3 cm³/mol. The van der Waals surface area contributed by atoms with E-state index in [4.69, 9.17) is 0 Å². The summed E-state index contributed by atoms with van der Waals surface area (Å²) in [5.41, 5.74) is 0. The third-order valence-corrected chi connectivity index (χ3v) is 3.29. The molecule has 1 unspecified atom stereocenters. The van der Waals surface area contributed by atoms with E-state index in [2.05, 4.69) is 9.47 Å². The van der Waals surface area contributed by atoms with Crippen molar-refractivity contribution in [2.75, 3.05) is 0 Å². The molecule has 1 atom stereocenters. The van der Waals surface area contributed by atoms with Crippen LogP contribution in [0.2, 0.25) is 0 Å². The van der Waals surface area contributed by atoms with Crippen molar-refractivity contribution in [3.05, 3.63) is 0 Å². The zero-order chi connectivity index (χ0) is 17.7. The number of rotatable bonds is 11. The van der Waals surface area contributed by atoms with Crippen molar-refractivity contribution in [1.29, 1.82) is 0 Å². The van der Waals surface area contributed by atoms with Crippen LogP contribution in [-0.4, -0.2) is 23.9 Å². The Balaban J connectivity index is 4.03. The normalized spacial score (nSPS) is 11.6. The SMILES string of the molecule is CCCCCC(=O)OC(=O)CC(C)C(=O)OC(=O)CCCCC. The second kappa shape index (κ2) is 12.8. The highest BCUT2D eigenvalue weighted by Crippen LogP contribution is 2.09. The molecule has 0 aliphatic heterocycles. The molecule has 0 aliphatic rings. The zero-order valence-corrected chi connectivity index (χ0v) is 14.4. The molecule has 0 saturated heterocycles. The summed E-state index contributed by atoms with van der Waals surface area (Å²) in [5.74, 6) is -3.52. The summed E-state index contributed by atoms with van der Waals surface area (Å²) in [5, 5.41) is 0. The minimum atomic E-state index is -0.818. The monoisotopic (exact) mass is 328 g/mol. The van der Waals surface area contributed by atoms with Gasteiger partial charge in [0.25, 0.3) is 0 Å². The molecule has 0 aliphatic carbocycles. The van der Waals surface area contributed by atoms with Crippen LogP contribution < -0.4 is 0 Å². The fourth-order valence-corrected chi connectivity index (χ4v) is 1.86. The largest absolute Gasteiger partial charge is 0.393 e. The van der Waals surface area contributed by atoms with E-state index in [1.807, 2.05) is 13.8 Å². The number of hydrogen-bond donors (Lipinski definition) is 0. The molecule has 0 N–H and O–H groups in total. The van der Waals surface area contributed by atoms with Crippen molar-refractivity contribution in [2.24, 2.45) is 5.92 Å². The topological polar surface area (TPSA) is 86.7 Å². The second-order valence-corrected chi connectivity index (χ2v) is 5.66. The molecule has 6 heteroatoms. The lowest BCUT2D eigenvalue weighted by molar-refractivity contribution is -0.168. The molecule has 0 radical (unpaired) electrons. The number of carbonyl (C=O) groups excluding carboxylic acids is 4. The van der Waals surface area contributed by atoms with Crippen LogP contribution in [0.5, 0.6) is 0 Å². The molecule has 0 aromatic carbocycles. The van der Waals surface area contributed by atoms with E-state index in [9.17, 15) is 19.2 Å². The highest BCUT2D eigenvalue weighted by atomic mass is 16.6. The molecular weight excluding hydrogens is 300 g/mol. The summed E-state index contributed by atoms with van der Waals surface area (Å²) in [4.78, 5) is 46.1. The van der Waals surface area contributed by atoms with Gasteiger partial charge in [-0.3, -0.25) is 19.2 Å². The maximum absolute atomic E-state index is 11.7. The van der Waals surface area contributed by atoms with Gasteiger partial charge in [0, 0.05) is 12.8 Å². The lowest BCUT2D eigenvalue weighted by Gasteiger charge is -2.09. The van der Waals surface area contributed by atoms with Crippen LogP contribution in [0.15, 0.2) is 0 Å². The summed E-state index contributed by atoms with van der Waals surface area (Å²) in [6, 6.07) is 0. The molecule has 132 valence electrons. The molecule has 0 amide bonds. The Bertz CT molecular complexity index is 402.